The first-order valence-corrected chi connectivity index (χ1v) is 16.3. The predicted octanol–water partition coefficient (Wildman–Crippen LogP) is 4.21. The maximum absolute atomic E-state index is 15.6. The molecule has 1 aliphatic carbocycles. The molecule has 2 aromatic rings. The fraction of sp³-hybridized carbons (Fsp3) is 0.588. The van der Waals surface area contributed by atoms with Gasteiger partial charge in [-0.1, -0.05) is 18.7 Å². The van der Waals surface area contributed by atoms with E-state index in [4.69, 9.17) is 21.3 Å². The van der Waals surface area contributed by atoms with E-state index in [1.54, 1.807) is 6.07 Å². The zero-order valence-electron chi connectivity index (χ0n) is 26.3. The van der Waals surface area contributed by atoms with E-state index in [1.807, 2.05) is 18.0 Å². The Morgan fingerprint density at radius 2 is 2.04 bits per heavy atom. The zero-order chi connectivity index (χ0) is 32.2. The molecular formula is C34H40F3N7O2. The summed E-state index contributed by atoms with van der Waals surface area (Å²) < 4.78 is 50.4. The minimum atomic E-state index is -1.05. The van der Waals surface area contributed by atoms with Gasteiger partial charge in [0.25, 0.3) is 5.91 Å². The van der Waals surface area contributed by atoms with Gasteiger partial charge < -0.3 is 19.4 Å². The van der Waals surface area contributed by atoms with E-state index in [0.29, 0.717) is 38.3 Å². The average molecular weight is 636 g/mol. The van der Waals surface area contributed by atoms with Crippen molar-refractivity contribution in [3.63, 3.8) is 0 Å². The van der Waals surface area contributed by atoms with Gasteiger partial charge in [-0.2, -0.15) is 9.97 Å². The molecule has 46 heavy (non-hydrogen) atoms. The van der Waals surface area contributed by atoms with Gasteiger partial charge >= 0.3 is 6.01 Å². The van der Waals surface area contributed by atoms with Gasteiger partial charge in [-0.15, -0.1) is 0 Å². The van der Waals surface area contributed by atoms with Crippen LogP contribution in [-0.2, 0) is 29.7 Å². The number of alkyl halides is 1. The topological polar surface area (TPSA) is 69.4 Å². The van der Waals surface area contributed by atoms with Crippen LogP contribution in [0.4, 0.5) is 19.0 Å². The highest BCUT2D eigenvalue weighted by Crippen LogP contribution is 2.48. The smallest absolute Gasteiger partial charge is 0.318 e. The number of halogens is 3. The summed E-state index contributed by atoms with van der Waals surface area (Å²) in [5, 5.41) is 0. The Balaban J connectivity index is 1.27. The summed E-state index contributed by atoms with van der Waals surface area (Å²) in [5.41, 5.74) is 2.46. The van der Waals surface area contributed by atoms with Gasteiger partial charge in [-0.3, -0.25) is 14.6 Å². The molecule has 1 aromatic heterocycles. The summed E-state index contributed by atoms with van der Waals surface area (Å²) in [6, 6.07) is 4.96. The van der Waals surface area contributed by atoms with E-state index >= 15 is 4.39 Å². The van der Waals surface area contributed by atoms with Crippen LogP contribution in [0.25, 0.3) is 4.85 Å². The molecule has 0 saturated carbocycles. The number of likely N-dealkylation sites (N-methyl/N-ethyl adjacent to an activating group) is 1. The maximum Gasteiger partial charge on any atom is 0.318 e. The summed E-state index contributed by atoms with van der Waals surface area (Å²) in [7, 11) is 2.02. The Bertz CT molecular complexity index is 1600. The molecule has 0 unspecified atom stereocenters. The van der Waals surface area contributed by atoms with Crippen molar-refractivity contribution in [3.05, 3.63) is 70.2 Å². The number of ether oxygens (including phenoxy) is 1. The fourth-order valence-electron chi connectivity index (χ4n) is 8.86. The van der Waals surface area contributed by atoms with E-state index in [-0.39, 0.29) is 43.6 Å². The number of nitrogens with zero attached hydrogens (tertiary/aromatic N) is 7. The molecule has 4 atom stereocenters. The number of hydrogen-bond acceptors (Lipinski definition) is 7. The van der Waals surface area contributed by atoms with Crippen LogP contribution < -0.4 is 9.64 Å². The van der Waals surface area contributed by atoms with Crippen molar-refractivity contribution in [1.29, 1.82) is 0 Å². The second-order valence-electron chi connectivity index (χ2n) is 13.7. The van der Waals surface area contributed by atoms with Crippen molar-refractivity contribution in [2.24, 2.45) is 0 Å². The standard InChI is InChI=1S/C34H40F3N7O2/c1-22(35)31(45)44-14-13-42(19-25(44)17-38-2)30-26-20-41(3)34(11-5-8-23-7-4-9-27(37)29(23)34)16-28(26)39-32(40-30)46-21-33-10-6-12-43(33)18-24(36)15-33/h4,7,9,24-25H,1,5-6,8,10-21H2,3H3/t24-,25+,33+,34+/m1/s1. The lowest BCUT2D eigenvalue weighted by Crippen LogP contribution is -2.57. The molecule has 3 fully saturated rings. The van der Waals surface area contributed by atoms with Crippen LogP contribution in [0.15, 0.2) is 30.6 Å². The lowest BCUT2D eigenvalue weighted by atomic mass is 9.70. The molecule has 5 aliphatic rings. The van der Waals surface area contributed by atoms with Crippen LogP contribution >= 0.6 is 0 Å². The number of aromatic nitrogens is 2. The molecule has 5 heterocycles. The number of rotatable bonds is 6. The monoisotopic (exact) mass is 635 g/mol. The van der Waals surface area contributed by atoms with E-state index < -0.39 is 29.5 Å². The zero-order valence-corrected chi connectivity index (χ0v) is 26.3. The van der Waals surface area contributed by atoms with Gasteiger partial charge in [0.15, 0.2) is 5.83 Å². The Kier molecular flexibility index (Phi) is 7.96. The molecule has 0 N–H and O–H groups in total. The van der Waals surface area contributed by atoms with Crippen LogP contribution in [0.1, 0.15) is 54.5 Å². The molecule has 1 aromatic carbocycles. The summed E-state index contributed by atoms with van der Waals surface area (Å²) in [6.07, 6.45) is 4.37. The third kappa shape index (κ3) is 5.12. The molecule has 3 saturated heterocycles. The number of carbonyl (C=O) groups excluding carboxylic acids is 1. The van der Waals surface area contributed by atoms with Crippen molar-refractivity contribution >= 4 is 11.7 Å². The fourth-order valence-corrected chi connectivity index (χ4v) is 8.86. The summed E-state index contributed by atoms with van der Waals surface area (Å²) in [6.45, 7) is 13.5. The van der Waals surface area contributed by atoms with Crippen molar-refractivity contribution in [2.45, 2.75) is 74.8 Å². The quantitative estimate of drug-likeness (QED) is 0.348. The Morgan fingerprint density at radius 1 is 1.20 bits per heavy atom. The Hall–Kier alpha value is -3.69. The lowest BCUT2D eigenvalue weighted by Gasteiger charge is -2.50. The summed E-state index contributed by atoms with van der Waals surface area (Å²) in [4.78, 5) is 33.8. The number of carbonyl (C=O) groups is 1. The van der Waals surface area contributed by atoms with Crippen LogP contribution in [0.5, 0.6) is 6.01 Å². The van der Waals surface area contributed by atoms with Crippen LogP contribution in [0.2, 0.25) is 0 Å². The molecule has 12 heteroatoms. The third-order valence-corrected chi connectivity index (χ3v) is 11.0. The number of anilines is 1. The second kappa shape index (κ2) is 11.8. The Morgan fingerprint density at radius 3 is 2.85 bits per heavy atom. The van der Waals surface area contributed by atoms with Crippen molar-refractivity contribution < 1.29 is 22.7 Å². The van der Waals surface area contributed by atoms with E-state index in [0.717, 1.165) is 61.0 Å². The van der Waals surface area contributed by atoms with Crippen molar-refractivity contribution in [1.82, 2.24) is 24.7 Å². The number of benzene rings is 1. The van der Waals surface area contributed by atoms with Gasteiger partial charge in [-0.25, -0.2) is 19.7 Å². The van der Waals surface area contributed by atoms with Gasteiger partial charge in [0.05, 0.1) is 16.8 Å². The van der Waals surface area contributed by atoms with Crippen molar-refractivity contribution in [3.8, 4) is 6.01 Å². The number of aryl methyl sites for hydroxylation is 1. The van der Waals surface area contributed by atoms with E-state index in [9.17, 15) is 13.6 Å². The lowest BCUT2D eigenvalue weighted by molar-refractivity contribution is -0.131. The first-order valence-electron chi connectivity index (χ1n) is 16.3. The molecule has 244 valence electrons. The highest BCUT2D eigenvalue weighted by atomic mass is 19.1. The van der Waals surface area contributed by atoms with Crippen LogP contribution in [-0.4, -0.2) is 101 Å². The molecular weight excluding hydrogens is 595 g/mol. The van der Waals surface area contributed by atoms with Gasteiger partial charge in [0.2, 0.25) is 6.54 Å². The third-order valence-electron chi connectivity index (χ3n) is 11.0. The van der Waals surface area contributed by atoms with E-state index in [2.05, 4.69) is 21.2 Å². The SMILES string of the molecule is [C-]#[N+]C[C@H]1CN(c2nc(OC[C@@]34CCCN3C[C@H](F)C4)nc3c2CN(C)[C@@]2(CCCc4cccc(F)c42)C3)CCN1C(=O)C(=C)F. The van der Waals surface area contributed by atoms with E-state index in [1.165, 1.54) is 11.0 Å². The molecule has 9 nitrogen and oxygen atoms in total. The molecule has 7 rings (SSSR count). The van der Waals surface area contributed by atoms with Gasteiger partial charge in [0.1, 0.15) is 30.5 Å². The highest BCUT2D eigenvalue weighted by molar-refractivity contribution is 5.91. The van der Waals surface area contributed by atoms with Crippen LogP contribution in [0, 0.1) is 12.4 Å². The number of hydrogen-bond donors (Lipinski definition) is 0. The highest BCUT2D eigenvalue weighted by Gasteiger charge is 2.50. The molecule has 1 spiro atoms. The molecule has 4 aliphatic heterocycles. The number of amides is 1. The molecule has 0 radical (unpaired) electrons. The maximum atomic E-state index is 15.6. The number of fused-ring (bicyclic) bond motifs is 4. The Labute approximate surface area is 267 Å². The normalized spacial score (nSPS) is 29.3. The minimum Gasteiger partial charge on any atom is -0.461 e. The first-order chi connectivity index (χ1) is 22.1. The second-order valence-corrected chi connectivity index (χ2v) is 13.7. The predicted molar refractivity (Wildman–Crippen MR) is 166 cm³/mol. The van der Waals surface area contributed by atoms with Gasteiger partial charge in [0, 0.05) is 56.7 Å². The average Bonchev–Trinajstić information content (AvgIpc) is 3.56. The van der Waals surface area contributed by atoms with Crippen molar-refractivity contribution in [2.75, 3.05) is 57.8 Å². The summed E-state index contributed by atoms with van der Waals surface area (Å²) in [5.74, 6) is -1.42. The number of piperazine rings is 1. The molecule has 1 amide bonds. The first kappa shape index (κ1) is 30.9. The molecule has 0 bridgehead atoms. The minimum absolute atomic E-state index is 0.00791. The van der Waals surface area contributed by atoms with Gasteiger partial charge in [-0.05, 0) is 57.3 Å². The van der Waals surface area contributed by atoms with Crippen LogP contribution in [0.3, 0.4) is 0 Å². The largest absolute Gasteiger partial charge is 0.461 e. The summed E-state index contributed by atoms with van der Waals surface area (Å²) >= 11 is 0.